The Labute approximate surface area is 164 Å². The normalized spacial score (nSPS) is 11.5. The van der Waals surface area contributed by atoms with Gasteiger partial charge in [0.1, 0.15) is 11.8 Å². The SMILES string of the molecule is Cc1ccc2occ(-c3c(C)c(O)c(O)n3-c3ccc4nc[nH]c4c3)c(=O)c2c1. The summed E-state index contributed by atoms with van der Waals surface area (Å²) in [5, 5.41) is 21.5. The van der Waals surface area contributed by atoms with Crippen LogP contribution in [0.15, 0.2) is 58.2 Å². The number of nitrogens with one attached hydrogen (secondary N) is 1. The standard InChI is InChI=1S/C22H17N3O4/c1-11-3-6-18-14(7-11)21(27)15(9-29-18)19-12(2)20(26)22(28)25(19)13-4-5-16-17(8-13)24-10-23-16/h3-10,26,28H,1-2H3,(H,23,24). The van der Waals surface area contributed by atoms with Gasteiger partial charge in [0.25, 0.3) is 0 Å². The van der Waals surface area contributed by atoms with E-state index in [0.717, 1.165) is 16.6 Å². The van der Waals surface area contributed by atoms with Gasteiger partial charge in [-0.05, 0) is 44.2 Å². The smallest absolute Gasteiger partial charge is 0.240 e. The highest BCUT2D eigenvalue weighted by Gasteiger charge is 2.25. The van der Waals surface area contributed by atoms with Crippen LogP contribution >= 0.6 is 0 Å². The summed E-state index contributed by atoms with van der Waals surface area (Å²) >= 11 is 0. The molecule has 0 bridgehead atoms. The van der Waals surface area contributed by atoms with Crippen LogP contribution in [0, 0.1) is 13.8 Å². The van der Waals surface area contributed by atoms with Crippen LogP contribution in [0.4, 0.5) is 0 Å². The molecule has 0 fully saturated rings. The number of H-pyrrole nitrogens is 1. The molecule has 0 amide bonds. The van der Waals surface area contributed by atoms with Crippen molar-refractivity contribution in [2.45, 2.75) is 13.8 Å². The van der Waals surface area contributed by atoms with Gasteiger partial charge in [-0.15, -0.1) is 0 Å². The Morgan fingerprint density at radius 3 is 2.76 bits per heavy atom. The van der Waals surface area contributed by atoms with Crippen molar-refractivity contribution in [2.24, 2.45) is 0 Å². The van der Waals surface area contributed by atoms with Crippen LogP contribution in [0.3, 0.4) is 0 Å². The molecule has 0 atom stereocenters. The number of aryl methyl sites for hydroxylation is 1. The predicted molar refractivity (Wildman–Crippen MR) is 110 cm³/mol. The highest BCUT2D eigenvalue weighted by molar-refractivity contribution is 5.84. The fourth-order valence-corrected chi connectivity index (χ4v) is 3.70. The minimum absolute atomic E-state index is 0.237. The third-order valence-electron chi connectivity index (χ3n) is 5.20. The van der Waals surface area contributed by atoms with E-state index in [4.69, 9.17) is 4.42 Å². The molecular weight excluding hydrogens is 370 g/mol. The number of benzene rings is 2. The largest absolute Gasteiger partial charge is 0.503 e. The predicted octanol–water partition coefficient (Wildman–Crippen LogP) is 4.16. The Morgan fingerprint density at radius 2 is 1.93 bits per heavy atom. The number of imidazole rings is 1. The molecule has 0 radical (unpaired) electrons. The van der Waals surface area contributed by atoms with Crippen LogP contribution in [0.25, 0.3) is 38.9 Å². The second-order valence-electron chi connectivity index (χ2n) is 7.06. The van der Waals surface area contributed by atoms with Crippen molar-refractivity contribution in [3.05, 3.63) is 70.3 Å². The number of fused-ring (bicyclic) bond motifs is 2. The first-order valence-corrected chi connectivity index (χ1v) is 9.05. The van der Waals surface area contributed by atoms with Gasteiger partial charge >= 0.3 is 0 Å². The van der Waals surface area contributed by atoms with E-state index in [1.165, 1.54) is 10.8 Å². The molecule has 0 aliphatic heterocycles. The zero-order valence-electron chi connectivity index (χ0n) is 15.7. The zero-order valence-corrected chi connectivity index (χ0v) is 15.7. The van der Waals surface area contributed by atoms with Gasteiger partial charge in [-0.1, -0.05) is 11.6 Å². The average molecular weight is 387 g/mol. The first-order valence-electron chi connectivity index (χ1n) is 9.05. The summed E-state index contributed by atoms with van der Waals surface area (Å²) in [7, 11) is 0. The molecular formula is C22H17N3O4. The molecule has 3 heterocycles. The fraction of sp³-hybridized carbons (Fsp3) is 0.0909. The number of hydrogen-bond donors (Lipinski definition) is 3. The number of aromatic nitrogens is 3. The van der Waals surface area contributed by atoms with E-state index in [1.807, 2.05) is 13.0 Å². The van der Waals surface area contributed by atoms with Gasteiger partial charge in [-0.25, -0.2) is 4.98 Å². The Bertz CT molecular complexity index is 1470. The summed E-state index contributed by atoms with van der Waals surface area (Å²) < 4.78 is 7.14. The van der Waals surface area contributed by atoms with Gasteiger partial charge in [-0.2, -0.15) is 0 Å². The van der Waals surface area contributed by atoms with Crippen molar-refractivity contribution in [3.63, 3.8) is 0 Å². The number of rotatable bonds is 2. The molecule has 0 saturated heterocycles. The van der Waals surface area contributed by atoms with Gasteiger partial charge in [0.05, 0.1) is 39.7 Å². The van der Waals surface area contributed by atoms with E-state index >= 15 is 0 Å². The van der Waals surface area contributed by atoms with Crippen molar-refractivity contribution in [1.82, 2.24) is 14.5 Å². The molecule has 5 rings (SSSR count). The maximum absolute atomic E-state index is 13.3. The van der Waals surface area contributed by atoms with Gasteiger partial charge in [-0.3, -0.25) is 9.36 Å². The second kappa shape index (κ2) is 6.00. The lowest BCUT2D eigenvalue weighted by atomic mass is 10.1. The van der Waals surface area contributed by atoms with E-state index in [9.17, 15) is 15.0 Å². The summed E-state index contributed by atoms with van der Waals surface area (Å²) in [5.41, 5.74) is 4.28. The molecule has 0 unspecified atom stereocenters. The molecule has 2 aromatic carbocycles. The Hall–Kier alpha value is -4.00. The van der Waals surface area contributed by atoms with Crippen LogP contribution in [-0.2, 0) is 0 Å². The molecule has 144 valence electrons. The van der Waals surface area contributed by atoms with E-state index in [-0.39, 0.29) is 22.6 Å². The lowest BCUT2D eigenvalue weighted by Crippen LogP contribution is -2.09. The molecule has 7 heteroatoms. The Kier molecular flexibility index (Phi) is 3.54. The number of hydrogen-bond acceptors (Lipinski definition) is 5. The van der Waals surface area contributed by atoms with Crippen LogP contribution in [0.5, 0.6) is 11.6 Å². The zero-order chi connectivity index (χ0) is 20.3. The van der Waals surface area contributed by atoms with E-state index in [1.54, 1.807) is 43.6 Å². The van der Waals surface area contributed by atoms with Crippen LogP contribution in [-0.4, -0.2) is 24.7 Å². The topological polar surface area (TPSA) is 104 Å². The van der Waals surface area contributed by atoms with Crippen LogP contribution in [0.2, 0.25) is 0 Å². The Balaban J connectivity index is 1.84. The first kappa shape index (κ1) is 17.1. The van der Waals surface area contributed by atoms with Gasteiger partial charge < -0.3 is 19.6 Å². The third-order valence-corrected chi connectivity index (χ3v) is 5.20. The van der Waals surface area contributed by atoms with Gasteiger partial charge in [0.2, 0.25) is 11.3 Å². The molecule has 0 spiro atoms. The number of aromatic hydroxyl groups is 2. The first-order chi connectivity index (χ1) is 14.0. The molecule has 3 aromatic heterocycles. The van der Waals surface area contributed by atoms with Gasteiger partial charge in [0, 0.05) is 5.56 Å². The summed E-state index contributed by atoms with van der Waals surface area (Å²) in [6.07, 6.45) is 2.94. The highest BCUT2D eigenvalue weighted by Crippen LogP contribution is 2.42. The maximum atomic E-state index is 13.3. The molecule has 0 aliphatic rings. The minimum Gasteiger partial charge on any atom is -0.503 e. The quantitative estimate of drug-likeness (QED) is 0.422. The molecule has 5 aromatic rings. The second-order valence-corrected chi connectivity index (χ2v) is 7.06. The summed E-state index contributed by atoms with van der Waals surface area (Å²) in [5.74, 6) is -0.631. The van der Waals surface area contributed by atoms with Crippen molar-refractivity contribution in [2.75, 3.05) is 0 Å². The Morgan fingerprint density at radius 1 is 1.10 bits per heavy atom. The molecule has 0 saturated carbocycles. The van der Waals surface area contributed by atoms with E-state index in [2.05, 4.69) is 9.97 Å². The fourth-order valence-electron chi connectivity index (χ4n) is 3.70. The van der Waals surface area contributed by atoms with Gasteiger partial charge in [0.15, 0.2) is 5.75 Å². The molecule has 3 N–H and O–H groups in total. The highest BCUT2D eigenvalue weighted by atomic mass is 16.3. The lowest BCUT2D eigenvalue weighted by Gasteiger charge is -2.11. The average Bonchev–Trinajstić information content (AvgIpc) is 3.27. The van der Waals surface area contributed by atoms with Crippen LogP contribution < -0.4 is 5.43 Å². The van der Waals surface area contributed by atoms with Crippen molar-refractivity contribution in [3.8, 4) is 28.6 Å². The minimum atomic E-state index is -0.347. The molecule has 0 aliphatic carbocycles. The molecule has 7 nitrogen and oxygen atoms in total. The summed E-state index contributed by atoms with van der Waals surface area (Å²) in [6, 6.07) is 10.7. The summed E-state index contributed by atoms with van der Waals surface area (Å²) in [4.78, 5) is 20.5. The van der Waals surface area contributed by atoms with Crippen molar-refractivity contribution < 1.29 is 14.6 Å². The molecule has 29 heavy (non-hydrogen) atoms. The third kappa shape index (κ3) is 2.44. The summed E-state index contributed by atoms with van der Waals surface area (Å²) in [6.45, 7) is 3.55. The monoisotopic (exact) mass is 387 g/mol. The van der Waals surface area contributed by atoms with E-state index < -0.39 is 0 Å². The maximum Gasteiger partial charge on any atom is 0.240 e. The van der Waals surface area contributed by atoms with E-state index in [0.29, 0.717) is 27.9 Å². The van der Waals surface area contributed by atoms with Crippen molar-refractivity contribution in [1.29, 1.82) is 0 Å². The number of aromatic amines is 1. The van der Waals surface area contributed by atoms with Crippen LogP contribution in [0.1, 0.15) is 11.1 Å². The lowest BCUT2D eigenvalue weighted by molar-refractivity contribution is 0.386. The van der Waals surface area contributed by atoms with Crippen molar-refractivity contribution >= 4 is 22.0 Å². The number of nitrogens with zero attached hydrogens (tertiary/aromatic N) is 2.